The Bertz CT molecular complexity index is 526. The van der Waals surface area contributed by atoms with Gasteiger partial charge >= 0.3 is 0 Å². The van der Waals surface area contributed by atoms with Crippen LogP contribution in [0.5, 0.6) is 0 Å². The van der Waals surface area contributed by atoms with Crippen LogP contribution in [0.1, 0.15) is 11.6 Å². The number of sulfone groups is 1. The molecule has 2 rings (SSSR count). The van der Waals surface area contributed by atoms with Crippen LogP contribution in [-0.2, 0) is 9.84 Å². The van der Waals surface area contributed by atoms with Crippen LogP contribution in [0, 0.1) is 0 Å². The first-order valence-electron chi connectivity index (χ1n) is 5.71. The molecule has 1 N–H and O–H groups in total. The first kappa shape index (κ1) is 13.4. The molecule has 4 nitrogen and oxygen atoms in total. The van der Waals surface area contributed by atoms with Gasteiger partial charge in [0, 0.05) is 12.0 Å². The number of nitrogens with zero attached hydrogens (tertiary/aromatic N) is 1. The second-order valence-corrected chi connectivity index (χ2v) is 7.50. The molecule has 6 heteroatoms. The van der Waals surface area contributed by atoms with Gasteiger partial charge in [-0.05, 0) is 5.56 Å². The van der Waals surface area contributed by atoms with E-state index in [0.29, 0.717) is 6.54 Å². The molecule has 0 spiro atoms. The average Bonchev–Trinajstić information content (AvgIpc) is 2.77. The lowest BCUT2D eigenvalue weighted by Gasteiger charge is -2.09. The Morgan fingerprint density at radius 3 is 2.78 bits per heavy atom. The molecular weight excluding hydrogens is 268 g/mol. The SMILES string of the molecule is CS(=O)(=O)CCN=C1NC(c2ccccc2)CS1. The molecule has 1 unspecified atom stereocenters. The van der Waals surface area contributed by atoms with E-state index >= 15 is 0 Å². The van der Waals surface area contributed by atoms with Crippen molar-refractivity contribution in [3.05, 3.63) is 35.9 Å². The third kappa shape index (κ3) is 4.03. The number of amidine groups is 1. The molecule has 1 atom stereocenters. The maximum atomic E-state index is 11.0. The molecule has 1 aromatic rings. The summed E-state index contributed by atoms with van der Waals surface area (Å²) in [7, 11) is -2.93. The van der Waals surface area contributed by atoms with Crippen LogP contribution >= 0.6 is 11.8 Å². The molecule has 18 heavy (non-hydrogen) atoms. The lowest BCUT2D eigenvalue weighted by atomic mass is 10.1. The second kappa shape index (κ2) is 5.75. The minimum atomic E-state index is -2.93. The molecule has 0 radical (unpaired) electrons. The highest BCUT2D eigenvalue weighted by molar-refractivity contribution is 8.14. The van der Waals surface area contributed by atoms with E-state index in [4.69, 9.17) is 0 Å². The summed E-state index contributed by atoms with van der Waals surface area (Å²) < 4.78 is 22.0. The first-order chi connectivity index (χ1) is 8.54. The molecule has 98 valence electrons. The molecule has 1 aliphatic rings. The smallest absolute Gasteiger partial charge is 0.157 e. The Labute approximate surface area is 112 Å². The topological polar surface area (TPSA) is 58.5 Å². The maximum absolute atomic E-state index is 11.0. The zero-order valence-corrected chi connectivity index (χ0v) is 11.8. The number of thioether (sulfide) groups is 1. The van der Waals surface area contributed by atoms with Gasteiger partial charge < -0.3 is 5.32 Å². The van der Waals surface area contributed by atoms with Gasteiger partial charge in [-0.3, -0.25) is 4.99 Å². The molecule has 0 bridgehead atoms. The summed E-state index contributed by atoms with van der Waals surface area (Å²) >= 11 is 1.64. The molecule has 1 saturated heterocycles. The molecule has 1 heterocycles. The van der Waals surface area contributed by atoms with E-state index in [1.165, 1.54) is 11.8 Å². The quantitative estimate of drug-likeness (QED) is 0.909. The molecular formula is C12H16N2O2S2. The fourth-order valence-electron chi connectivity index (χ4n) is 1.66. The van der Waals surface area contributed by atoms with Crippen molar-refractivity contribution in [3.8, 4) is 0 Å². The molecule has 0 aliphatic carbocycles. The molecule has 1 aromatic carbocycles. The minimum absolute atomic E-state index is 0.106. The zero-order valence-electron chi connectivity index (χ0n) is 10.2. The van der Waals surface area contributed by atoms with Crippen molar-refractivity contribution in [2.75, 3.05) is 24.3 Å². The summed E-state index contributed by atoms with van der Waals surface area (Å²) in [5, 5.41) is 4.15. The van der Waals surface area contributed by atoms with Gasteiger partial charge in [0.05, 0.1) is 18.3 Å². The average molecular weight is 284 g/mol. The number of hydrogen-bond donors (Lipinski definition) is 1. The second-order valence-electron chi connectivity index (χ2n) is 4.24. The molecule has 1 aliphatic heterocycles. The van der Waals surface area contributed by atoms with Crippen LogP contribution in [0.3, 0.4) is 0 Å². The van der Waals surface area contributed by atoms with Gasteiger partial charge in [0.15, 0.2) is 5.17 Å². The van der Waals surface area contributed by atoms with Gasteiger partial charge in [-0.1, -0.05) is 42.1 Å². The van der Waals surface area contributed by atoms with Crippen LogP contribution in [0.25, 0.3) is 0 Å². The van der Waals surface area contributed by atoms with Crippen LogP contribution in [-0.4, -0.2) is 37.9 Å². The fraction of sp³-hybridized carbons (Fsp3) is 0.417. The first-order valence-corrected chi connectivity index (χ1v) is 8.76. The van der Waals surface area contributed by atoms with Gasteiger partial charge in [-0.2, -0.15) is 0 Å². The third-order valence-corrected chi connectivity index (χ3v) is 4.55. The summed E-state index contributed by atoms with van der Waals surface area (Å²) in [5.74, 6) is 1.04. The van der Waals surface area contributed by atoms with Gasteiger partial charge in [0.1, 0.15) is 9.84 Å². The van der Waals surface area contributed by atoms with Crippen LogP contribution in [0.2, 0.25) is 0 Å². The van der Waals surface area contributed by atoms with E-state index in [2.05, 4.69) is 22.4 Å². The Morgan fingerprint density at radius 2 is 2.11 bits per heavy atom. The van der Waals surface area contributed by atoms with E-state index in [1.54, 1.807) is 11.8 Å². The zero-order chi connectivity index (χ0) is 13.0. The molecule has 0 aromatic heterocycles. The Kier molecular flexibility index (Phi) is 4.29. The van der Waals surface area contributed by atoms with Crippen LogP contribution < -0.4 is 5.32 Å². The van der Waals surface area contributed by atoms with Crippen molar-refractivity contribution in [3.63, 3.8) is 0 Å². The number of hydrogen-bond acceptors (Lipinski definition) is 4. The Balaban J connectivity index is 1.91. The molecule has 0 saturated carbocycles. The number of benzene rings is 1. The van der Waals surface area contributed by atoms with Crippen molar-refractivity contribution in [1.82, 2.24) is 5.32 Å². The van der Waals surface area contributed by atoms with Gasteiger partial charge in [0.2, 0.25) is 0 Å². The summed E-state index contributed by atoms with van der Waals surface area (Å²) in [6, 6.07) is 10.5. The van der Waals surface area contributed by atoms with Crippen molar-refractivity contribution >= 4 is 26.8 Å². The Hall–Kier alpha value is -1.01. The monoisotopic (exact) mass is 284 g/mol. The summed E-state index contributed by atoms with van der Waals surface area (Å²) in [6.07, 6.45) is 1.23. The van der Waals surface area contributed by atoms with E-state index < -0.39 is 9.84 Å². The lowest BCUT2D eigenvalue weighted by Crippen LogP contribution is -2.20. The van der Waals surface area contributed by atoms with Crippen molar-refractivity contribution in [2.45, 2.75) is 6.04 Å². The standard InChI is InChI=1S/C12H16N2O2S2/c1-18(15,16)8-7-13-12-14-11(9-17-12)10-5-3-2-4-6-10/h2-6,11H,7-9H2,1H3,(H,13,14). The highest BCUT2D eigenvalue weighted by atomic mass is 32.2. The highest BCUT2D eigenvalue weighted by Gasteiger charge is 2.21. The van der Waals surface area contributed by atoms with E-state index in [9.17, 15) is 8.42 Å². The largest absolute Gasteiger partial charge is 0.357 e. The predicted molar refractivity (Wildman–Crippen MR) is 76.8 cm³/mol. The van der Waals surface area contributed by atoms with Crippen LogP contribution in [0.4, 0.5) is 0 Å². The van der Waals surface area contributed by atoms with Crippen molar-refractivity contribution in [2.24, 2.45) is 4.99 Å². The van der Waals surface area contributed by atoms with Gasteiger partial charge in [-0.15, -0.1) is 0 Å². The van der Waals surface area contributed by atoms with E-state index in [0.717, 1.165) is 10.9 Å². The number of rotatable bonds is 4. The minimum Gasteiger partial charge on any atom is -0.357 e. The van der Waals surface area contributed by atoms with Crippen molar-refractivity contribution < 1.29 is 8.42 Å². The van der Waals surface area contributed by atoms with Crippen molar-refractivity contribution in [1.29, 1.82) is 0 Å². The predicted octanol–water partition coefficient (Wildman–Crippen LogP) is 1.46. The van der Waals surface area contributed by atoms with E-state index in [-0.39, 0.29) is 11.8 Å². The van der Waals surface area contributed by atoms with Gasteiger partial charge in [0.25, 0.3) is 0 Å². The van der Waals surface area contributed by atoms with Gasteiger partial charge in [-0.25, -0.2) is 8.42 Å². The third-order valence-electron chi connectivity index (χ3n) is 2.60. The maximum Gasteiger partial charge on any atom is 0.157 e. The number of aliphatic imine (C=N–C) groups is 1. The summed E-state index contributed by atoms with van der Waals surface area (Å²) in [6.45, 7) is 0.329. The number of nitrogens with one attached hydrogen (secondary N) is 1. The molecule has 0 amide bonds. The van der Waals surface area contributed by atoms with E-state index in [1.807, 2.05) is 18.2 Å². The highest BCUT2D eigenvalue weighted by Crippen LogP contribution is 2.25. The summed E-state index contributed by atoms with van der Waals surface area (Å²) in [4.78, 5) is 4.27. The fourth-order valence-corrected chi connectivity index (χ4v) is 3.10. The normalized spacial score (nSPS) is 22.1. The molecule has 1 fully saturated rings. The summed E-state index contributed by atoms with van der Waals surface area (Å²) in [5.41, 5.74) is 1.23. The van der Waals surface area contributed by atoms with Crippen LogP contribution in [0.15, 0.2) is 35.3 Å². The Morgan fingerprint density at radius 1 is 1.39 bits per heavy atom. The lowest BCUT2D eigenvalue weighted by molar-refractivity contribution is 0.601.